The lowest BCUT2D eigenvalue weighted by molar-refractivity contribution is -0.185. The lowest BCUT2D eigenvalue weighted by Crippen LogP contribution is -2.39. The van der Waals surface area contributed by atoms with Crippen molar-refractivity contribution in [3.05, 3.63) is 64.7 Å². The van der Waals surface area contributed by atoms with Gasteiger partial charge in [-0.25, -0.2) is 0 Å². The molecule has 37 heavy (non-hydrogen) atoms. The summed E-state index contributed by atoms with van der Waals surface area (Å²) < 4.78 is 44.6. The minimum atomic E-state index is -4.11. The zero-order chi connectivity index (χ0) is 26.6. The molecule has 2 heterocycles. The molecule has 1 fully saturated rings. The van der Waals surface area contributed by atoms with Crippen molar-refractivity contribution in [3.63, 3.8) is 0 Å². The maximum Gasteiger partial charge on any atom is 0.391 e. The molecule has 1 N–H and O–H groups in total. The van der Waals surface area contributed by atoms with Gasteiger partial charge in [-0.2, -0.15) is 13.2 Å². The van der Waals surface area contributed by atoms with Crippen LogP contribution in [0.4, 0.5) is 13.2 Å². The maximum atomic E-state index is 12.9. The molecule has 0 bridgehead atoms. The van der Waals surface area contributed by atoms with Gasteiger partial charge in [-0.1, -0.05) is 37.3 Å². The van der Waals surface area contributed by atoms with E-state index in [1.807, 2.05) is 29.2 Å². The molecule has 0 aliphatic carbocycles. The molecule has 2 aliphatic heterocycles. The van der Waals surface area contributed by atoms with Crippen molar-refractivity contribution in [1.82, 2.24) is 15.1 Å². The van der Waals surface area contributed by atoms with Gasteiger partial charge in [0.25, 0.3) is 5.91 Å². The quantitative estimate of drug-likeness (QED) is 0.572. The molecule has 0 atom stereocenters. The van der Waals surface area contributed by atoms with Crippen molar-refractivity contribution in [2.75, 3.05) is 19.6 Å². The zero-order valence-corrected chi connectivity index (χ0v) is 20.6. The van der Waals surface area contributed by atoms with Crippen molar-refractivity contribution >= 4 is 17.7 Å². The number of alkyl halides is 3. The fourth-order valence-electron chi connectivity index (χ4n) is 4.66. The van der Waals surface area contributed by atoms with E-state index in [2.05, 4.69) is 5.32 Å². The van der Waals surface area contributed by atoms with Gasteiger partial charge < -0.3 is 9.64 Å². The maximum absolute atomic E-state index is 12.9. The van der Waals surface area contributed by atoms with Crippen LogP contribution < -0.4 is 10.1 Å². The number of piperidine rings is 1. The number of likely N-dealkylation sites (tertiary alicyclic amines) is 1. The number of hydrogen-bond acceptors (Lipinski definition) is 5. The molecule has 198 valence electrons. The Morgan fingerprint density at radius 2 is 1.70 bits per heavy atom. The summed E-state index contributed by atoms with van der Waals surface area (Å²) in [6.45, 7) is 3.37. The van der Waals surface area contributed by atoms with Crippen LogP contribution in [0.15, 0.2) is 42.5 Å². The van der Waals surface area contributed by atoms with Crippen molar-refractivity contribution in [1.29, 1.82) is 0 Å². The Bertz CT molecular complexity index is 1140. The number of ether oxygens (including phenoxy) is 1. The van der Waals surface area contributed by atoms with Gasteiger partial charge in [0.05, 0.1) is 12.5 Å². The topological polar surface area (TPSA) is 79.0 Å². The molecule has 0 spiro atoms. The number of amides is 3. The van der Waals surface area contributed by atoms with Crippen LogP contribution in [-0.4, -0.2) is 53.3 Å². The first-order valence-corrected chi connectivity index (χ1v) is 12.4. The van der Waals surface area contributed by atoms with Crippen LogP contribution in [-0.2, 0) is 29.3 Å². The number of imide groups is 1. The SMILES string of the molecule is CCC(=O)NC(=O)CN1Cc2c(OCc3ccc(CN4CCC(C(F)(F)F)CC4)cc3)cccc2C1=O. The van der Waals surface area contributed by atoms with E-state index in [1.165, 1.54) is 4.90 Å². The Kier molecular flexibility index (Phi) is 8.16. The number of nitrogens with zero attached hydrogens (tertiary/aromatic N) is 2. The van der Waals surface area contributed by atoms with Gasteiger partial charge in [0.1, 0.15) is 18.9 Å². The summed E-state index contributed by atoms with van der Waals surface area (Å²) in [5, 5.41) is 2.25. The number of rotatable bonds is 8. The number of benzene rings is 2. The number of carbonyl (C=O) groups is 3. The van der Waals surface area contributed by atoms with Gasteiger partial charge in [0.2, 0.25) is 11.8 Å². The Morgan fingerprint density at radius 1 is 1.03 bits per heavy atom. The third kappa shape index (κ3) is 6.68. The van der Waals surface area contributed by atoms with E-state index in [1.54, 1.807) is 25.1 Å². The van der Waals surface area contributed by atoms with Crippen LogP contribution in [0.25, 0.3) is 0 Å². The number of halogens is 3. The highest BCUT2D eigenvalue weighted by molar-refractivity contribution is 6.02. The number of carbonyl (C=O) groups excluding carboxylic acids is 3. The minimum absolute atomic E-state index is 0.137. The molecule has 2 aromatic rings. The van der Waals surface area contributed by atoms with Crippen LogP contribution >= 0.6 is 0 Å². The highest BCUT2D eigenvalue weighted by Crippen LogP contribution is 2.34. The average Bonchev–Trinajstić information content (AvgIpc) is 3.18. The van der Waals surface area contributed by atoms with Crippen LogP contribution in [0.5, 0.6) is 5.75 Å². The van der Waals surface area contributed by atoms with E-state index in [4.69, 9.17) is 4.74 Å². The van der Waals surface area contributed by atoms with Gasteiger partial charge in [0.15, 0.2) is 0 Å². The Balaban J connectivity index is 1.30. The Hall–Kier alpha value is -3.40. The zero-order valence-electron chi connectivity index (χ0n) is 20.6. The summed E-state index contributed by atoms with van der Waals surface area (Å²) in [7, 11) is 0. The second kappa shape index (κ2) is 11.3. The molecule has 2 aromatic carbocycles. The second-order valence-corrected chi connectivity index (χ2v) is 9.47. The van der Waals surface area contributed by atoms with E-state index < -0.39 is 23.9 Å². The summed E-state index contributed by atoms with van der Waals surface area (Å²) in [4.78, 5) is 39.7. The summed E-state index contributed by atoms with van der Waals surface area (Å²) >= 11 is 0. The third-order valence-corrected chi connectivity index (χ3v) is 6.81. The predicted molar refractivity (Wildman–Crippen MR) is 129 cm³/mol. The molecule has 3 amide bonds. The molecular formula is C27H30F3N3O4. The fraction of sp³-hybridized carbons (Fsp3) is 0.444. The monoisotopic (exact) mass is 517 g/mol. The first-order chi connectivity index (χ1) is 17.6. The van der Waals surface area contributed by atoms with Gasteiger partial charge in [-0.3, -0.25) is 24.6 Å². The van der Waals surface area contributed by atoms with E-state index in [0.717, 1.165) is 11.1 Å². The smallest absolute Gasteiger partial charge is 0.391 e. The summed E-state index contributed by atoms with van der Waals surface area (Å²) in [5.74, 6) is -1.86. The van der Waals surface area contributed by atoms with E-state index >= 15 is 0 Å². The Morgan fingerprint density at radius 3 is 2.35 bits per heavy atom. The molecular weight excluding hydrogens is 487 g/mol. The minimum Gasteiger partial charge on any atom is -0.489 e. The first-order valence-electron chi connectivity index (χ1n) is 12.4. The van der Waals surface area contributed by atoms with Crippen LogP contribution in [0, 0.1) is 5.92 Å². The molecule has 7 nitrogen and oxygen atoms in total. The fourth-order valence-corrected chi connectivity index (χ4v) is 4.66. The van der Waals surface area contributed by atoms with Crippen LogP contribution in [0.2, 0.25) is 0 Å². The van der Waals surface area contributed by atoms with Gasteiger partial charge in [-0.05, 0) is 49.2 Å². The summed E-state index contributed by atoms with van der Waals surface area (Å²) in [5.41, 5.74) is 3.10. The van der Waals surface area contributed by atoms with Crippen molar-refractivity contribution in [2.45, 2.75) is 52.1 Å². The van der Waals surface area contributed by atoms with Crippen LogP contribution in [0.3, 0.4) is 0 Å². The van der Waals surface area contributed by atoms with Crippen molar-refractivity contribution < 1.29 is 32.3 Å². The lowest BCUT2D eigenvalue weighted by Gasteiger charge is -2.32. The van der Waals surface area contributed by atoms with Crippen molar-refractivity contribution in [2.24, 2.45) is 5.92 Å². The molecule has 1 saturated heterocycles. The van der Waals surface area contributed by atoms with Gasteiger partial charge >= 0.3 is 6.18 Å². The van der Waals surface area contributed by atoms with Crippen LogP contribution in [0.1, 0.15) is 53.2 Å². The lowest BCUT2D eigenvalue weighted by atomic mass is 9.96. The number of nitrogens with one attached hydrogen (secondary N) is 1. The highest BCUT2D eigenvalue weighted by Gasteiger charge is 2.41. The molecule has 0 aromatic heterocycles. The number of hydrogen-bond donors (Lipinski definition) is 1. The summed E-state index contributed by atoms with van der Waals surface area (Å²) in [6.07, 6.45) is -3.65. The highest BCUT2D eigenvalue weighted by atomic mass is 19.4. The van der Waals surface area contributed by atoms with E-state index in [-0.39, 0.29) is 44.9 Å². The molecule has 10 heteroatoms. The molecule has 4 rings (SSSR count). The van der Waals surface area contributed by atoms with E-state index in [0.29, 0.717) is 36.5 Å². The molecule has 0 unspecified atom stereocenters. The molecule has 0 radical (unpaired) electrons. The first kappa shape index (κ1) is 26.7. The Labute approximate surface area is 213 Å². The van der Waals surface area contributed by atoms with Gasteiger partial charge in [-0.15, -0.1) is 0 Å². The van der Waals surface area contributed by atoms with Gasteiger partial charge in [0, 0.05) is 24.1 Å². The summed E-state index contributed by atoms with van der Waals surface area (Å²) in [6, 6.07) is 12.9. The number of fused-ring (bicyclic) bond motifs is 1. The van der Waals surface area contributed by atoms with E-state index in [9.17, 15) is 27.6 Å². The normalized spacial score (nSPS) is 16.5. The molecule has 0 saturated carbocycles. The average molecular weight is 518 g/mol. The second-order valence-electron chi connectivity index (χ2n) is 9.47. The molecule has 2 aliphatic rings. The van der Waals surface area contributed by atoms with Crippen molar-refractivity contribution in [3.8, 4) is 5.75 Å². The third-order valence-electron chi connectivity index (χ3n) is 6.81. The standard InChI is InChI=1S/C27H30F3N3O4/c1-2-24(34)31-25(35)16-33-15-22-21(26(33)36)4-3-5-23(22)37-17-19-8-6-18(7-9-19)14-32-12-10-20(11-13-32)27(28,29)30/h3-9,20H,2,10-17H2,1H3,(H,31,34,35). The largest absolute Gasteiger partial charge is 0.489 e. The predicted octanol–water partition coefficient (Wildman–Crippen LogP) is 4.05.